The summed E-state index contributed by atoms with van der Waals surface area (Å²) in [6, 6.07) is 8.38. The number of benzene rings is 1. The molecule has 0 saturated heterocycles. The number of hydrogen-bond donors (Lipinski definition) is 0. The number of rotatable bonds is 4. The molecule has 0 aliphatic rings. The molecule has 0 N–H and O–H groups in total. The lowest BCUT2D eigenvalue weighted by Gasteiger charge is -2.11. The third-order valence-corrected chi connectivity index (χ3v) is 3.20. The van der Waals surface area contributed by atoms with E-state index in [-0.39, 0.29) is 0 Å². The first kappa shape index (κ1) is 13.4. The average Bonchev–Trinajstić information content (AvgIpc) is 2.46. The first-order valence-corrected chi connectivity index (χ1v) is 6.41. The number of aromatic nitrogens is 1. The van der Waals surface area contributed by atoms with Crippen LogP contribution in [0.2, 0.25) is 0 Å². The molecule has 0 saturated carbocycles. The maximum atomic E-state index is 5.39. The molecule has 3 nitrogen and oxygen atoms in total. The molecular formula is C16H19NO2. The van der Waals surface area contributed by atoms with Gasteiger partial charge >= 0.3 is 0 Å². The third-order valence-electron chi connectivity index (χ3n) is 3.20. The van der Waals surface area contributed by atoms with Crippen LogP contribution >= 0.6 is 0 Å². The van der Waals surface area contributed by atoms with Crippen molar-refractivity contribution < 1.29 is 9.47 Å². The molecule has 19 heavy (non-hydrogen) atoms. The van der Waals surface area contributed by atoms with Gasteiger partial charge in [-0.25, -0.2) is 4.98 Å². The molecule has 0 spiro atoms. The molecule has 1 aromatic carbocycles. The van der Waals surface area contributed by atoms with E-state index in [1.807, 2.05) is 19.1 Å². The summed E-state index contributed by atoms with van der Waals surface area (Å²) in [4.78, 5) is 4.50. The smallest absolute Gasteiger partial charge is 0.221 e. The highest BCUT2D eigenvalue weighted by atomic mass is 16.5. The van der Waals surface area contributed by atoms with Crippen LogP contribution in [0.25, 0.3) is 16.5 Å². The number of nitrogens with zero attached hydrogens (tertiary/aromatic N) is 1. The van der Waals surface area contributed by atoms with E-state index in [9.17, 15) is 0 Å². The van der Waals surface area contributed by atoms with Crippen LogP contribution in [0.3, 0.4) is 0 Å². The zero-order chi connectivity index (χ0) is 13.8. The van der Waals surface area contributed by atoms with E-state index in [0.717, 1.165) is 28.6 Å². The first-order valence-electron chi connectivity index (χ1n) is 6.41. The Kier molecular flexibility index (Phi) is 4.05. The molecule has 0 aliphatic carbocycles. The fraction of sp³-hybridized carbons (Fsp3) is 0.312. The summed E-state index contributed by atoms with van der Waals surface area (Å²) in [7, 11) is 3.29. The Morgan fingerprint density at radius 2 is 2.05 bits per heavy atom. The molecule has 0 unspecified atom stereocenters. The van der Waals surface area contributed by atoms with Gasteiger partial charge in [-0.3, -0.25) is 0 Å². The molecule has 0 amide bonds. The van der Waals surface area contributed by atoms with Gasteiger partial charge in [0.1, 0.15) is 11.5 Å². The Labute approximate surface area is 113 Å². The number of aryl methyl sites for hydroxylation is 1. The molecule has 1 aromatic heterocycles. The van der Waals surface area contributed by atoms with Crippen LogP contribution in [0, 0.1) is 0 Å². The predicted molar refractivity (Wildman–Crippen MR) is 78.3 cm³/mol. The normalized spacial score (nSPS) is 11.7. The summed E-state index contributed by atoms with van der Waals surface area (Å²) in [5.74, 6) is 1.38. The van der Waals surface area contributed by atoms with Crippen molar-refractivity contribution in [3.63, 3.8) is 0 Å². The van der Waals surface area contributed by atoms with Crippen molar-refractivity contribution in [3.05, 3.63) is 41.6 Å². The highest BCUT2D eigenvalue weighted by Gasteiger charge is 2.10. The fourth-order valence-electron chi connectivity index (χ4n) is 2.15. The van der Waals surface area contributed by atoms with Crippen molar-refractivity contribution in [2.24, 2.45) is 0 Å². The van der Waals surface area contributed by atoms with E-state index in [2.05, 4.69) is 30.1 Å². The van der Waals surface area contributed by atoms with Crippen LogP contribution in [-0.2, 0) is 11.2 Å². The number of ether oxygens (including phenoxy) is 2. The predicted octanol–water partition coefficient (Wildman–Crippen LogP) is 3.81. The number of fused-ring (bicyclic) bond motifs is 1. The zero-order valence-corrected chi connectivity index (χ0v) is 11.9. The molecule has 1 heterocycles. The van der Waals surface area contributed by atoms with Gasteiger partial charge in [-0.05, 0) is 42.5 Å². The van der Waals surface area contributed by atoms with Crippen LogP contribution in [0.4, 0.5) is 0 Å². The number of pyridine rings is 1. The Hall–Kier alpha value is -2.03. The molecule has 0 fully saturated rings. The summed E-state index contributed by atoms with van der Waals surface area (Å²) < 4.78 is 10.7. The van der Waals surface area contributed by atoms with Gasteiger partial charge in [0.2, 0.25) is 5.88 Å². The van der Waals surface area contributed by atoms with Gasteiger partial charge in [-0.15, -0.1) is 0 Å². The van der Waals surface area contributed by atoms with Gasteiger partial charge < -0.3 is 9.47 Å². The van der Waals surface area contributed by atoms with E-state index in [1.54, 1.807) is 14.2 Å². The lowest BCUT2D eigenvalue weighted by Crippen LogP contribution is -1.97. The van der Waals surface area contributed by atoms with Crippen LogP contribution in [0.15, 0.2) is 30.3 Å². The molecule has 3 heteroatoms. The summed E-state index contributed by atoms with van der Waals surface area (Å²) in [5, 5.41) is 2.15. The van der Waals surface area contributed by atoms with Gasteiger partial charge in [-0.1, -0.05) is 19.1 Å². The maximum Gasteiger partial charge on any atom is 0.221 e. The van der Waals surface area contributed by atoms with Crippen LogP contribution in [-0.4, -0.2) is 19.2 Å². The van der Waals surface area contributed by atoms with Crippen LogP contribution in [0.1, 0.15) is 25.1 Å². The number of methoxy groups -OCH3 is 2. The Morgan fingerprint density at radius 1 is 1.26 bits per heavy atom. The second-order valence-electron chi connectivity index (χ2n) is 4.28. The SMILES string of the molecule is CC=C(OC)c1cc2cc(CC)ccc2c(OC)n1. The van der Waals surface area contributed by atoms with Crippen molar-refractivity contribution >= 4 is 16.5 Å². The van der Waals surface area contributed by atoms with E-state index >= 15 is 0 Å². The fourth-order valence-corrected chi connectivity index (χ4v) is 2.15. The van der Waals surface area contributed by atoms with Gasteiger partial charge in [0.25, 0.3) is 0 Å². The molecule has 100 valence electrons. The second-order valence-corrected chi connectivity index (χ2v) is 4.28. The Bertz CT molecular complexity index is 617. The lowest BCUT2D eigenvalue weighted by molar-refractivity contribution is 0.364. The lowest BCUT2D eigenvalue weighted by atomic mass is 10.1. The minimum Gasteiger partial charge on any atom is -0.495 e. The van der Waals surface area contributed by atoms with Crippen molar-refractivity contribution in [2.45, 2.75) is 20.3 Å². The number of allylic oxidation sites excluding steroid dienone is 1. The zero-order valence-electron chi connectivity index (χ0n) is 11.9. The molecular weight excluding hydrogens is 238 g/mol. The van der Waals surface area contributed by atoms with Crippen molar-refractivity contribution in [2.75, 3.05) is 14.2 Å². The van der Waals surface area contributed by atoms with E-state index < -0.39 is 0 Å². The summed E-state index contributed by atoms with van der Waals surface area (Å²) in [6.45, 7) is 4.08. The Morgan fingerprint density at radius 3 is 2.63 bits per heavy atom. The molecule has 2 rings (SSSR count). The average molecular weight is 257 g/mol. The first-order chi connectivity index (χ1) is 9.23. The number of hydrogen-bond acceptors (Lipinski definition) is 3. The molecule has 0 atom stereocenters. The van der Waals surface area contributed by atoms with Gasteiger partial charge in [0, 0.05) is 5.39 Å². The molecule has 0 radical (unpaired) electrons. The van der Waals surface area contributed by atoms with E-state index in [1.165, 1.54) is 5.56 Å². The van der Waals surface area contributed by atoms with Gasteiger partial charge in [0.05, 0.1) is 14.2 Å². The van der Waals surface area contributed by atoms with E-state index in [4.69, 9.17) is 9.47 Å². The minimum absolute atomic E-state index is 0.631. The summed E-state index contributed by atoms with van der Waals surface area (Å²) in [6.07, 6.45) is 2.91. The maximum absolute atomic E-state index is 5.39. The summed E-state index contributed by atoms with van der Waals surface area (Å²) in [5.41, 5.74) is 2.09. The quantitative estimate of drug-likeness (QED) is 0.780. The highest BCUT2D eigenvalue weighted by Crippen LogP contribution is 2.28. The molecule has 0 bridgehead atoms. The van der Waals surface area contributed by atoms with Crippen molar-refractivity contribution in [1.29, 1.82) is 0 Å². The monoisotopic (exact) mass is 257 g/mol. The topological polar surface area (TPSA) is 31.4 Å². The van der Waals surface area contributed by atoms with Crippen molar-refractivity contribution in [3.8, 4) is 5.88 Å². The van der Waals surface area contributed by atoms with Gasteiger partial charge in [-0.2, -0.15) is 0 Å². The van der Waals surface area contributed by atoms with Crippen LogP contribution in [0.5, 0.6) is 5.88 Å². The van der Waals surface area contributed by atoms with Crippen LogP contribution < -0.4 is 4.74 Å². The highest BCUT2D eigenvalue weighted by molar-refractivity contribution is 5.89. The Balaban J connectivity index is 2.69. The minimum atomic E-state index is 0.631. The van der Waals surface area contributed by atoms with Crippen molar-refractivity contribution in [1.82, 2.24) is 4.98 Å². The summed E-state index contributed by atoms with van der Waals surface area (Å²) >= 11 is 0. The molecule has 2 aromatic rings. The van der Waals surface area contributed by atoms with Gasteiger partial charge in [0.15, 0.2) is 0 Å². The third kappa shape index (κ3) is 2.55. The van der Waals surface area contributed by atoms with E-state index in [0.29, 0.717) is 5.88 Å². The second kappa shape index (κ2) is 5.74. The molecule has 0 aliphatic heterocycles. The standard InChI is InChI=1S/C16H19NO2/c1-5-11-7-8-13-12(9-11)10-14(15(6-2)18-3)17-16(13)19-4/h6-10H,5H2,1-4H3. The largest absolute Gasteiger partial charge is 0.495 e.